The van der Waals surface area contributed by atoms with E-state index in [2.05, 4.69) is 20.3 Å². The van der Waals surface area contributed by atoms with Gasteiger partial charge in [-0.25, -0.2) is 9.97 Å². The summed E-state index contributed by atoms with van der Waals surface area (Å²) >= 11 is 0. The number of benzene rings is 2. The molecule has 3 N–H and O–H groups in total. The topological polar surface area (TPSA) is 91.2 Å². The molecule has 4 rings (SSSR count). The SMILES string of the molecule is Oc1ccc(Nc2cnc3cnc(-c4ccc(O)cc4)nc3c2)cc1. The Bertz CT molecular complexity index is 1030. The molecule has 0 aliphatic carbocycles. The highest BCUT2D eigenvalue weighted by molar-refractivity contribution is 5.80. The molecule has 6 nitrogen and oxygen atoms in total. The average Bonchev–Trinajstić information content (AvgIpc) is 2.64. The molecule has 0 saturated heterocycles. The number of nitrogens with one attached hydrogen (secondary N) is 1. The Hall–Kier alpha value is -3.67. The van der Waals surface area contributed by atoms with Crippen LogP contribution in [0, 0.1) is 0 Å². The Morgan fingerprint density at radius 2 is 1.36 bits per heavy atom. The van der Waals surface area contributed by atoms with Gasteiger partial charge in [-0.2, -0.15) is 0 Å². The Morgan fingerprint density at radius 1 is 0.680 bits per heavy atom. The van der Waals surface area contributed by atoms with Crippen LogP contribution in [0.15, 0.2) is 67.0 Å². The maximum Gasteiger partial charge on any atom is 0.159 e. The summed E-state index contributed by atoms with van der Waals surface area (Å²) in [7, 11) is 0. The van der Waals surface area contributed by atoms with E-state index >= 15 is 0 Å². The molecule has 2 aromatic heterocycles. The zero-order valence-corrected chi connectivity index (χ0v) is 13.1. The van der Waals surface area contributed by atoms with Gasteiger partial charge in [-0.05, 0) is 54.6 Å². The molecule has 0 amide bonds. The van der Waals surface area contributed by atoms with Gasteiger partial charge in [0.05, 0.1) is 23.6 Å². The minimum absolute atomic E-state index is 0.201. The fourth-order valence-corrected chi connectivity index (χ4v) is 2.45. The second kappa shape index (κ2) is 6.09. The molecule has 0 atom stereocenters. The van der Waals surface area contributed by atoms with E-state index in [1.165, 1.54) is 0 Å². The summed E-state index contributed by atoms with van der Waals surface area (Å²) in [5.74, 6) is 0.983. The molecule has 0 aliphatic heterocycles. The standard InChI is InChI=1S/C19H14N4O2/c24-15-5-1-12(2-6-15)19-21-11-18-17(23-19)9-14(10-20-18)22-13-3-7-16(25)8-4-13/h1-11,22,24-25H. The predicted octanol–water partition coefficient (Wildman–Crippen LogP) is 3.85. The van der Waals surface area contributed by atoms with Gasteiger partial charge in [-0.15, -0.1) is 0 Å². The number of aromatic hydroxyl groups is 2. The number of hydrogen-bond donors (Lipinski definition) is 3. The number of rotatable bonds is 3. The smallest absolute Gasteiger partial charge is 0.159 e. The third-order valence-corrected chi connectivity index (χ3v) is 3.71. The van der Waals surface area contributed by atoms with Gasteiger partial charge in [0, 0.05) is 11.3 Å². The molecule has 0 fully saturated rings. The third-order valence-electron chi connectivity index (χ3n) is 3.71. The van der Waals surface area contributed by atoms with Gasteiger partial charge in [-0.3, -0.25) is 4.98 Å². The molecule has 25 heavy (non-hydrogen) atoms. The predicted molar refractivity (Wildman–Crippen MR) is 95.8 cm³/mol. The quantitative estimate of drug-likeness (QED) is 0.494. The summed E-state index contributed by atoms with van der Waals surface area (Å²) in [6.45, 7) is 0. The molecule has 4 aromatic rings. The van der Waals surface area contributed by atoms with Crippen LogP contribution in [-0.4, -0.2) is 25.2 Å². The lowest BCUT2D eigenvalue weighted by Gasteiger charge is -2.08. The second-order valence-electron chi connectivity index (χ2n) is 5.54. The van der Waals surface area contributed by atoms with E-state index in [0.29, 0.717) is 16.9 Å². The number of pyridine rings is 1. The van der Waals surface area contributed by atoms with E-state index in [9.17, 15) is 10.2 Å². The molecule has 0 aliphatic rings. The Balaban J connectivity index is 1.68. The van der Waals surface area contributed by atoms with Crippen LogP contribution in [0.2, 0.25) is 0 Å². The molecule has 122 valence electrons. The van der Waals surface area contributed by atoms with Crippen LogP contribution < -0.4 is 5.32 Å². The minimum atomic E-state index is 0.201. The highest BCUT2D eigenvalue weighted by Crippen LogP contribution is 2.23. The number of fused-ring (bicyclic) bond motifs is 1. The molecule has 6 heteroatoms. The van der Waals surface area contributed by atoms with E-state index in [1.54, 1.807) is 60.9 Å². The fourth-order valence-electron chi connectivity index (χ4n) is 2.45. The zero-order chi connectivity index (χ0) is 17.2. The zero-order valence-electron chi connectivity index (χ0n) is 13.1. The molecule has 0 radical (unpaired) electrons. The van der Waals surface area contributed by atoms with Crippen LogP contribution in [0.3, 0.4) is 0 Å². The Labute approximate surface area is 143 Å². The van der Waals surface area contributed by atoms with Gasteiger partial charge in [-0.1, -0.05) is 0 Å². The monoisotopic (exact) mass is 330 g/mol. The van der Waals surface area contributed by atoms with E-state index in [4.69, 9.17) is 0 Å². The van der Waals surface area contributed by atoms with Gasteiger partial charge < -0.3 is 15.5 Å². The fraction of sp³-hybridized carbons (Fsp3) is 0. The molecular formula is C19H14N4O2. The van der Waals surface area contributed by atoms with Gasteiger partial charge in [0.1, 0.15) is 17.0 Å². The van der Waals surface area contributed by atoms with Crippen LogP contribution in [0.5, 0.6) is 11.5 Å². The molecule has 0 saturated carbocycles. The Morgan fingerprint density at radius 3 is 2.08 bits per heavy atom. The normalized spacial score (nSPS) is 10.7. The lowest BCUT2D eigenvalue weighted by atomic mass is 10.2. The number of nitrogens with zero attached hydrogens (tertiary/aromatic N) is 3. The first-order valence-electron chi connectivity index (χ1n) is 7.66. The number of aromatic nitrogens is 3. The molecule has 2 aromatic carbocycles. The van der Waals surface area contributed by atoms with E-state index in [0.717, 1.165) is 16.9 Å². The van der Waals surface area contributed by atoms with Crippen molar-refractivity contribution in [3.8, 4) is 22.9 Å². The van der Waals surface area contributed by atoms with Gasteiger partial charge in [0.25, 0.3) is 0 Å². The van der Waals surface area contributed by atoms with Gasteiger partial charge >= 0.3 is 0 Å². The third kappa shape index (κ3) is 3.18. The van der Waals surface area contributed by atoms with Gasteiger partial charge in [0.15, 0.2) is 5.82 Å². The van der Waals surface area contributed by atoms with Crippen LogP contribution in [0.1, 0.15) is 0 Å². The number of phenolic OH excluding ortho intramolecular Hbond substituents is 2. The first-order valence-corrected chi connectivity index (χ1v) is 7.66. The maximum absolute atomic E-state index is 9.39. The lowest BCUT2D eigenvalue weighted by Crippen LogP contribution is -1.95. The van der Waals surface area contributed by atoms with Crippen molar-refractivity contribution >= 4 is 22.4 Å². The van der Waals surface area contributed by atoms with Crippen molar-refractivity contribution in [2.24, 2.45) is 0 Å². The lowest BCUT2D eigenvalue weighted by molar-refractivity contribution is 0.475. The number of anilines is 2. The van der Waals surface area contributed by atoms with Crippen molar-refractivity contribution in [3.63, 3.8) is 0 Å². The van der Waals surface area contributed by atoms with Crippen molar-refractivity contribution < 1.29 is 10.2 Å². The van der Waals surface area contributed by atoms with Crippen molar-refractivity contribution in [1.82, 2.24) is 15.0 Å². The number of phenols is 2. The maximum atomic E-state index is 9.39. The summed E-state index contributed by atoms with van der Waals surface area (Å²) < 4.78 is 0. The van der Waals surface area contributed by atoms with Crippen molar-refractivity contribution in [1.29, 1.82) is 0 Å². The first-order chi connectivity index (χ1) is 12.2. The van der Waals surface area contributed by atoms with E-state index < -0.39 is 0 Å². The van der Waals surface area contributed by atoms with Crippen LogP contribution in [-0.2, 0) is 0 Å². The van der Waals surface area contributed by atoms with E-state index in [-0.39, 0.29) is 11.5 Å². The molecule has 0 bridgehead atoms. The summed E-state index contributed by atoms with van der Waals surface area (Å²) in [6.07, 6.45) is 3.38. The molecule has 0 spiro atoms. The highest BCUT2D eigenvalue weighted by Gasteiger charge is 2.06. The minimum Gasteiger partial charge on any atom is -0.508 e. The van der Waals surface area contributed by atoms with E-state index in [1.807, 2.05) is 6.07 Å². The Kier molecular flexibility index (Phi) is 3.63. The van der Waals surface area contributed by atoms with Gasteiger partial charge in [0.2, 0.25) is 0 Å². The van der Waals surface area contributed by atoms with Crippen LogP contribution >= 0.6 is 0 Å². The molecule has 0 unspecified atom stereocenters. The average molecular weight is 330 g/mol. The summed E-state index contributed by atoms with van der Waals surface area (Å²) in [5, 5.41) is 22.0. The highest BCUT2D eigenvalue weighted by atomic mass is 16.3. The summed E-state index contributed by atoms with van der Waals surface area (Å²) in [6, 6.07) is 15.4. The van der Waals surface area contributed by atoms with Crippen molar-refractivity contribution in [2.75, 3.05) is 5.32 Å². The van der Waals surface area contributed by atoms with Crippen LogP contribution in [0.25, 0.3) is 22.4 Å². The molecule has 2 heterocycles. The van der Waals surface area contributed by atoms with Crippen molar-refractivity contribution in [2.45, 2.75) is 0 Å². The largest absolute Gasteiger partial charge is 0.508 e. The molecular weight excluding hydrogens is 316 g/mol. The second-order valence-corrected chi connectivity index (χ2v) is 5.54. The first kappa shape index (κ1) is 14.9. The van der Waals surface area contributed by atoms with Crippen LogP contribution in [0.4, 0.5) is 11.4 Å². The van der Waals surface area contributed by atoms with Crippen molar-refractivity contribution in [3.05, 3.63) is 67.0 Å². The summed E-state index contributed by atoms with van der Waals surface area (Å²) in [5.41, 5.74) is 3.84. The number of hydrogen-bond acceptors (Lipinski definition) is 6. The summed E-state index contributed by atoms with van der Waals surface area (Å²) in [4.78, 5) is 13.2.